The number of carbonyl (C=O) groups is 1. The van der Waals surface area contributed by atoms with Gasteiger partial charge in [-0.25, -0.2) is 0 Å². The van der Waals surface area contributed by atoms with Crippen molar-refractivity contribution in [2.75, 3.05) is 0 Å². The van der Waals surface area contributed by atoms with Gasteiger partial charge in [-0.2, -0.15) is 0 Å². The van der Waals surface area contributed by atoms with Gasteiger partial charge in [0.1, 0.15) is 0 Å². The van der Waals surface area contributed by atoms with Crippen LogP contribution in [0.25, 0.3) is 0 Å². The molecule has 0 heterocycles. The number of hydrogen-bond acceptors (Lipinski definition) is 1. The molecule has 1 N–H and O–H groups in total. The number of nitrogens with one attached hydrogen (secondary N) is 1. The van der Waals surface area contributed by atoms with Gasteiger partial charge in [-0.1, -0.05) is 36.7 Å². The lowest BCUT2D eigenvalue weighted by atomic mass is 10.2. The molecule has 0 bridgehead atoms. The third-order valence-corrected chi connectivity index (χ3v) is 2.12. The molecule has 0 atom stereocenters. The predicted molar refractivity (Wildman–Crippen MR) is 53.6 cm³/mol. The first-order valence-corrected chi connectivity index (χ1v) is 4.62. The number of benzene rings is 1. The second kappa shape index (κ2) is 4.87. The molecule has 3 heteroatoms. The molecule has 0 fully saturated rings. The number of rotatable bonds is 3. The van der Waals surface area contributed by atoms with Crippen LogP contribution >= 0.6 is 11.6 Å². The molecule has 70 valence electrons. The number of carbonyl (C=O) groups excluding carboxylic acids is 1. The molecule has 0 unspecified atom stereocenters. The lowest BCUT2D eigenvalue weighted by Gasteiger charge is -2.04. The highest BCUT2D eigenvalue weighted by atomic mass is 35.5. The fourth-order valence-corrected chi connectivity index (χ4v) is 1.16. The largest absolute Gasteiger partial charge is 0.352 e. The topological polar surface area (TPSA) is 29.1 Å². The SMILES string of the molecule is CCC(=O)NCc1ccccc1Cl. The third kappa shape index (κ3) is 3.07. The minimum atomic E-state index is 0.0416. The van der Waals surface area contributed by atoms with Crippen LogP contribution in [0.4, 0.5) is 0 Å². The maximum Gasteiger partial charge on any atom is 0.219 e. The van der Waals surface area contributed by atoms with Crippen LogP contribution in [0, 0.1) is 0 Å². The molecule has 0 aliphatic rings. The van der Waals surface area contributed by atoms with Gasteiger partial charge in [-0.05, 0) is 11.6 Å². The average molecular weight is 198 g/mol. The van der Waals surface area contributed by atoms with Gasteiger partial charge >= 0.3 is 0 Å². The Morgan fingerprint density at radius 2 is 2.15 bits per heavy atom. The molecule has 0 saturated heterocycles. The summed E-state index contributed by atoms with van der Waals surface area (Å²) in [5.74, 6) is 0.0416. The molecule has 13 heavy (non-hydrogen) atoms. The summed E-state index contributed by atoms with van der Waals surface area (Å²) in [5.41, 5.74) is 0.950. The first kappa shape index (κ1) is 10.1. The molecule has 1 amide bonds. The molecule has 1 aromatic carbocycles. The Labute approximate surface area is 82.9 Å². The van der Waals surface area contributed by atoms with E-state index >= 15 is 0 Å². The zero-order valence-corrected chi connectivity index (χ0v) is 8.27. The average Bonchev–Trinajstić information content (AvgIpc) is 2.16. The number of amides is 1. The highest BCUT2D eigenvalue weighted by Crippen LogP contribution is 2.14. The minimum Gasteiger partial charge on any atom is -0.352 e. The van der Waals surface area contributed by atoms with Crippen LogP contribution in [0.5, 0.6) is 0 Å². The molecule has 1 rings (SSSR count). The Kier molecular flexibility index (Phi) is 3.77. The van der Waals surface area contributed by atoms with Gasteiger partial charge < -0.3 is 5.32 Å². The van der Waals surface area contributed by atoms with Crippen LogP contribution < -0.4 is 5.32 Å². The van der Waals surface area contributed by atoms with Crippen LogP contribution in [0.2, 0.25) is 5.02 Å². The fraction of sp³-hybridized carbons (Fsp3) is 0.300. The molecule has 0 aromatic heterocycles. The van der Waals surface area contributed by atoms with Crippen molar-refractivity contribution in [2.24, 2.45) is 0 Å². The fourth-order valence-electron chi connectivity index (χ4n) is 0.961. The second-order valence-corrected chi connectivity index (χ2v) is 3.13. The van der Waals surface area contributed by atoms with E-state index in [4.69, 9.17) is 11.6 Å². The monoisotopic (exact) mass is 197 g/mol. The normalized spacial score (nSPS) is 9.69. The first-order valence-electron chi connectivity index (χ1n) is 4.24. The van der Waals surface area contributed by atoms with E-state index in [9.17, 15) is 4.79 Å². The Bertz CT molecular complexity index is 299. The van der Waals surface area contributed by atoms with E-state index in [1.807, 2.05) is 31.2 Å². The Morgan fingerprint density at radius 1 is 1.46 bits per heavy atom. The van der Waals surface area contributed by atoms with Crippen LogP contribution in [0.1, 0.15) is 18.9 Å². The van der Waals surface area contributed by atoms with Gasteiger partial charge in [0.05, 0.1) is 0 Å². The predicted octanol–water partition coefficient (Wildman–Crippen LogP) is 2.37. The van der Waals surface area contributed by atoms with E-state index in [1.54, 1.807) is 0 Å². The summed E-state index contributed by atoms with van der Waals surface area (Å²) < 4.78 is 0. The third-order valence-electron chi connectivity index (χ3n) is 1.75. The summed E-state index contributed by atoms with van der Waals surface area (Å²) in [4.78, 5) is 10.9. The van der Waals surface area contributed by atoms with Crippen molar-refractivity contribution in [1.29, 1.82) is 0 Å². The molecular weight excluding hydrogens is 186 g/mol. The molecular formula is C10H12ClNO. The Balaban J connectivity index is 2.54. The number of halogens is 1. The minimum absolute atomic E-state index is 0.0416. The maximum absolute atomic E-state index is 10.9. The standard InChI is InChI=1S/C10H12ClNO/c1-2-10(13)12-7-8-5-3-4-6-9(8)11/h3-6H,2,7H2,1H3,(H,12,13). The first-order chi connectivity index (χ1) is 6.24. The Hall–Kier alpha value is -1.02. The summed E-state index contributed by atoms with van der Waals surface area (Å²) in [6.07, 6.45) is 0.504. The maximum atomic E-state index is 10.9. The zero-order chi connectivity index (χ0) is 9.68. The molecule has 1 aromatic rings. The van der Waals surface area contributed by atoms with Crippen molar-refractivity contribution in [3.63, 3.8) is 0 Å². The van der Waals surface area contributed by atoms with E-state index in [2.05, 4.69) is 5.32 Å². The van der Waals surface area contributed by atoms with E-state index in [0.29, 0.717) is 18.0 Å². The van der Waals surface area contributed by atoms with Crippen LogP contribution in [0.3, 0.4) is 0 Å². The van der Waals surface area contributed by atoms with E-state index in [1.165, 1.54) is 0 Å². The molecule has 0 aliphatic carbocycles. The lowest BCUT2D eigenvalue weighted by molar-refractivity contribution is -0.120. The summed E-state index contributed by atoms with van der Waals surface area (Å²) in [5, 5.41) is 3.46. The molecule has 0 saturated carbocycles. The molecule has 0 spiro atoms. The summed E-state index contributed by atoms with van der Waals surface area (Å²) in [7, 11) is 0. The summed E-state index contributed by atoms with van der Waals surface area (Å²) in [6.45, 7) is 2.33. The van der Waals surface area contributed by atoms with Crippen molar-refractivity contribution in [3.05, 3.63) is 34.9 Å². The van der Waals surface area contributed by atoms with Gasteiger partial charge in [0.15, 0.2) is 0 Å². The highest BCUT2D eigenvalue weighted by Gasteiger charge is 2.00. The van der Waals surface area contributed by atoms with Crippen LogP contribution in [-0.4, -0.2) is 5.91 Å². The Morgan fingerprint density at radius 3 is 2.77 bits per heavy atom. The van der Waals surface area contributed by atoms with E-state index in [-0.39, 0.29) is 5.91 Å². The molecule has 0 aliphatic heterocycles. The van der Waals surface area contributed by atoms with Crippen molar-refractivity contribution in [3.8, 4) is 0 Å². The smallest absolute Gasteiger partial charge is 0.219 e. The zero-order valence-electron chi connectivity index (χ0n) is 7.51. The van der Waals surface area contributed by atoms with Gasteiger partial charge in [0.2, 0.25) is 5.91 Å². The number of hydrogen-bond donors (Lipinski definition) is 1. The van der Waals surface area contributed by atoms with E-state index in [0.717, 1.165) is 5.56 Å². The second-order valence-electron chi connectivity index (χ2n) is 2.72. The van der Waals surface area contributed by atoms with Crippen LogP contribution in [0.15, 0.2) is 24.3 Å². The van der Waals surface area contributed by atoms with Gasteiger partial charge in [0, 0.05) is 18.0 Å². The van der Waals surface area contributed by atoms with Gasteiger partial charge in [-0.3, -0.25) is 4.79 Å². The van der Waals surface area contributed by atoms with Crippen LogP contribution in [-0.2, 0) is 11.3 Å². The highest BCUT2D eigenvalue weighted by molar-refractivity contribution is 6.31. The molecule has 2 nitrogen and oxygen atoms in total. The molecule has 0 radical (unpaired) electrons. The summed E-state index contributed by atoms with van der Waals surface area (Å²) >= 11 is 5.90. The van der Waals surface area contributed by atoms with E-state index < -0.39 is 0 Å². The summed E-state index contributed by atoms with van der Waals surface area (Å²) in [6, 6.07) is 7.49. The van der Waals surface area contributed by atoms with Gasteiger partial charge in [-0.15, -0.1) is 0 Å². The van der Waals surface area contributed by atoms with Crippen molar-refractivity contribution in [1.82, 2.24) is 5.32 Å². The quantitative estimate of drug-likeness (QED) is 0.792. The van der Waals surface area contributed by atoms with Crippen molar-refractivity contribution in [2.45, 2.75) is 19.9 Å². The van der Waals surface area contributed by atoms with Crippen molar-refractivity contribution < 1.29 is 4.79 Å². The van der Waals surface area contributed by atoms with Gasteiger partial charge in [0.25, 0.3) is 0 Å². The lowest BCUT2D eigenvalue weighted by Crippen LogP contribution is -2.21. The van der Waals surface area contributed by atoms with Crippen molar-refractivity contribution >= 4 is 17.5 Å².